The molecule has 0 unspecified atom stereocenters. The largest absolute Gasteiger partial charge is 0.744 e. The predicted molar refractivity (Wildman–Crippen MR) is 158 cm³/mol. The maximum atomic E-state index is 10.7. The van der Waals surface area contributed by atoms with E-state index in [9.17, 15) is 13.0 Å². The van der Waals surface area contributed by atoms with Crippen molar-refractivity contribution in [3.8, 4) is 0 Å². The standard InChI is InChI=1S/C19H17S.C14H22O3S/c1-16-12-14-19(15-13-16)20(17-8-4-2-5-9-17)18-10-6-3-7-11-18;1-2-3-4-5-6-7-8-13-9-11-14(12-10-13)18(15,16)17/h2-15H,1H3;9-12H,2-8H2,1H3,(H,15,16,17)/q+1;/p-1. The Morgan fingerprint density at radius 2 is 1.08 bits per heavy atom. The Balaban J connectivity index is 0.000000212. The van der Waals surface area contributed by atoms with Crippen LogP contribution < -0.4 is 0 Å². The van der Waals surface area contributed by atoms with Gasteiger partial charge in [0.15, 0.2) is 14.7 Å². The first kappa shape index (κ1) is 29.7. The highest BCUT2D eigenvalue weighted by Gasteiger charge is 2.27. The highest BCUT2D eigenvalue weighted by atomic mass is 32.2. The molecule has 0 aromatic heterocycles. The highest BCUT2D eigenvalue weighted by Crippen LogP contribution is 2.30. The first-order valence-corrected chi connectivity index (χ1v) is 16.0. The molecular weight excluding hydrogens is 508 g/mol. The molecule has 0 saturated carbocycles. The van der Waals surface area contributed by atoms with Crippen LogP contribution in [0.5, 0.6) is 0 Å². The van der Waals surface area contributed by atoms with Crippen molar-refractivity contribution in [2.45, 2.75) is 78.4 Å². The monoisotopic (exact) mass is 546 g/mol. The minimum atomic E-state index is -4.31. The van der Waals surface area contributed by atoms with Crippen molar-refractivity contribution < 1.29 is 13.0 Å². The lowest BCUT2D eigenvalue weighted by Gasteiger charge is -2.07. The molecule has 5 heteroatoms. The molecule has 200 valence electrons. The zero-order chi connectivity index (χ0) is 27.2. The van der Waals surface area contributed by atoms with Gasteiger partial charge in [-0.1, -0.05) is 105 Å². The van der Waals surface area contributed by atoms with E-state index in [-0.39, 0.29) is 15.8 Å². The van der Waals surface area contributed by atoms with Crippen LogP contribution >= 0.6 is 0 Å². The summed E-state index contributed by atoms with van der Waals surface area (Å²) in [5, 5.41) is 0. The predicted octanol–water partition coefficient (Wildman–Crippen LogP) is 8.58. The van der Waals surface area contributed by atoms with Crippen LogP contribution in [0, 0.1) is 6.92 Å². The van der Waals surface area contributed by atoms with Gasteiger partial charge in [-0.3, -0.25) is 0 Å². The summed E-state index contributed by atoms with van der Waals surface area (Å²) in [5.41, 5.74) is 2.40. The van der Waals surface area contributed by atoms with Crippen LogP contribution in [0.2, 0.25) is 0 Å². The zero-order valence-electron chi connectivity index (χ0n) is 22.4. The van der Waals surface area contributed by atoms with E-state index in [0.717, 1.165) is 18.4 Å². The summed E-state index contributed by atoms with van der Waals surface area (Å²) in [7, 11) is -4.33. The van der Waals surface area contributed by atoms with Crippen LogP contribution in [0.4, 0.5) is 0 Å². The molecule has 0 aliphatic rings. The minimum Gasteiger partial charge on any atom is -0.744 e. The van der Waals surface area contributed by atoms with Gasteiger partial charge in [-0.15, -0.1) is 0 Å². The second kappa shape index (κ2) is 15.5. The maximum absolute atomic E-state index is 10.7. The molecule has 38 heavy (non-hydrogen) atoms. The summed E-state index contributed by atoms with van der Waals surface area (Å²) >= 11 is 0. The van der Waals surface area contributed by atoms with E-state index >= 15 is 0 Å². The summed E-state index contributed by atoms with van der Waals surface area (Å²) in [5.74, 6) is 0. The SMILES string of the molecule is CCCCCCCCc1ccc(S(=O)(=O)[O-])cc1.Cc1ccc([S+](c2ccccc2)c2ccccc2)cc1. The van der Waals surface area contributed by atoms with E-state index in [1.54, 1.807) is 12.1 Å². The molecule has 0 spiro atoms. The van der Waals surface area contributed by atoms with Crippen molar-refractivity contribution in [1.82, 2.24) is 0 Å². The third kappa shape index (κ3) is 9.79. The molecule has 3 nitrogen and oxygen atoms in total. The summed E-state index contributed by atoms with van der Waals surface area (Å²) < 4.78 is 32.2. The van der Waals surface area contributed by atoms with E-state index in [1.807, 2.05) is 0 Å². The minimum absolute atomic E-state index is 0.0229. The van der Waals surface area contributed by atoms with E-state index in [0.29, 0.717) is 0 Å². The Hall–Kier alpha value is -2.86. The maximum Gasteiger partial charge on any atom is 0.166 e. The van der Waals surface area contributed by atoms with Crippen LogP contribution in [0.15, 0.2) is 129 Å². The van der Waals surface area contributed by atoms with Crippen LogP contribution in [-0.4, -0.2) is 13.0 Å². The summed E-state index contributed by atoms with van der Waals surface area (Å²) in [4.78, 5) is 3.95. The van der Waals surface area contributed by atoms with Gasteiger partial charge in [0.2, 0.25) is 0 Å². The number of aryl methyl sites for hydroxylation is 2. The molecule has 0 saturated heterocycles. The smallest absolute Gasteiger partial charge is 0.166 e. The molecule has 0 aliphatic carbocycles. The van der Waals surface area contributed by atoms with Crippen LogP contribution in [-0.2, 0) is 27.4 Å². The van der Waals surface area contributed by atoms with Gasteiger partial charge in [-0.05, 0) is 73.9 Å². The van der Waals surface area contributed by atoms with Gasteiger partial charge in [-0.25, -0.2) is 8.42 Å². The van der Waals surface area contributed by atoms with E-state index in [1.165, 1.54) is 64.5 Å². The van der Waals surface area contributed by atoms with Gasteiger partial charge in [0.1, 0.15) is 10.1 Å². The Kier molecular flexibility index (Phi) is 12.1. The van der Waals surface area contributed by atoms with Crippen LogP contribution in [0.1, 0.15) is 56.6 Å². The molecule has 0 fully saturated rings. The number of unbranched alkanes of at least 4 members (excludes halogenated alkanes) is 5. The molecule has 0 radical (unpaired) electrons. The fourth-order valence-corrected chi connectivity index (χ4v) is 6.68. The first-order valence-electron chi connectivity index (χ1n) is 13.3. The third-order valence-electron chi connectivity index (χ3n) is 6.25. The second-order valence-electron chi connectivity index (χ2n) is 9.36. The van der Waals surface area contributed by atoms with Gasteiger partial charge in [0.25, 0.3) is 0 Å². The topological polar surface area (TPSA) is 57.2 Å². The normalized spacial score (nSPS) is 11.2. The highest BCUT2D eigenvalue weighted by molar-refractivity contribution is 7.97. The molecule has 0 bridgehead atoms. The lowest BCUT2D eigenvalue weighted by molar-refractivity contribution is 0.463. The lowest BCUT2D eigenvalue weighted by Crippen LogP contribution is -2.04. The van der Waals surface area contributed by atoms with Gasteiger partial charge >= 0.3 is 0 Å². The van der Waals surface area contributed by atoms with Crippen molar-refractivity contribution >= 4 is 21.0 Å². The van der Waals surface area contributed by atoms with Crippen molar-refractivity contribution in [2.75, 3.05) is 0 Å². The van der Waals surface area contributed by atoms with Crippen LogP contribution in [0.3, 0.4) is 0 Å². The van der Waals surface area contributed by atoms with Gasteiger partial charge in [0, 0.05) is 0 Å². The Bertz CT molecular complexity index is 1260. The Labute approximate surface area is 232 Å². The molecule has 0 amide bonds. The van der Waals surface area contributed by atoms with Crippen molar-refractivity contribution in [3.63, 3.8) is 0 Å². The number of hydrogen-bond acceptors (Lipinski definition) is 3. The fourth-order valence-electron chi connectivity index (χ4n) is 4.13. The quantitative estimate of drug-likeness (QED) is 0.108. The van der Waals surface area contributed by atoms with Gasteiger partial charge in [0.05, 0.1) is 15.8 Å². The third-order valence-corrected chi connectivity index (χ3v) is 9.33. The van der Waals surface area contributed by atoms with E-state index < -0.39 is 10.1 Å². The summed E-state index contributed by atoms with van der Waals surface area (Å²) in [6.07, 6.45) is 8.39. The molecule has 0 atom stereocenters. The van der Waals surface area contributed by atoms with Crippen molar-refractivity contribution in [1.29, 1.82) is 0 Å². The molecule has 4 rings (SSSR count). The first-order chi connectivity index (χ1) is 18.4. The molecule has 0 aliphatic heterocycles. The van der Waals surface area contributed by atoms with Crippen LogP contribution in [0.25, 0.3) is 0 Å². The summed E-state index contributed by atoms with van der Waals surface area (Å²) in [6.45, 7) is 4.33. The lowest BCUT2D eigenvalue weighted by atomic mass is 10.1. The average Bonchev–Trinajstić information content (AvgIpc) is 2.93. The second-order valence-corrected chi connectivity index (χ2v) is 12.8. The fraction of sp³-hybridized carbons (Fsp3) is 0.273. The number of hydrogen-bond donors (Lipinski definition) is 0. The Morgan fingerprint density at radius 3 is 1.58 bits per heavy atom. The molecular formula is C33H38O3S2. The van der Waals surface area contributed by atoms with E-state index in [4.69, 9.17) is 0 Å². The van der Waals surface area contributed by atoms with Gasteiger partial charge in [-0.2, -0.15) is 0 Å². The number of benzene rings is 4. The summed E-state index contributed by atoms with van der Waals surface area (Å²) in [6, 6.07) is 36.6. The van der Waals surface area contributed by atoms with Crippen molar-refractivity contribution in [3.05, 3.63) is 120 Å². The molecule has 0 heterocycles. The number of rotatable bonds is 11. The molecule has 4 aromatic carbocycles. The molecule has 4 aromatic rings. The zero-order valence-corrected chi connectivity index (χ0v) is 24.0. The van der Waals surface area contributed by atoms with Gasteiger partial charge < -0.3 is 4.55 Å². The van der Waals surface area contributed by atoms with Crippen molar-refractivity contribution in [2.24, 2.45) is 0 Å². The average molecular weight is 547 g/mol. The Morgan fingerprint density at radius 1 is 0.605 bits per heavy atom. The van der Waals surface area contributed by atoms with E-state index in [2.05, 4.69) is 98.8 Å². The molecule has 0 N–H and O–H groups in total.